The van der Waals surface area contributed by atoms with Gasteiger partial charge in [0.2, 0.25) is 0 Å². The minimum absolute atomic E-state index is 0.217. The van der Waals surface area contributed by atoms with Crippen LogP contribution in [0.4, 0.5) is 17.1 Å². The number of carbonyl (C=O) groups excluding carboxylic acids is 3. The first kappa shape index (κ1) is 39.9. The predicted octanol–water partition coefficient (Wildman–Crippen LogP) is 10.2. The Balaban J connectivity index is 0.933. The summed E-state index contributed by atoms with van der Waals surface area (Å²) in [6, 6.07) is 34.5. The maximum absolute atomic E-state index is 14.4. The number of amides is 3. The molecule has 63 heavy (non-hydrogen) atoms. The number of carbonyl (C=O) groups is 3. The molecule has 3 amide bonds. The van der Waals surface area contributed by atoms with E-state index in [0.29, 0.717) is 17.1 Å². The van der Waals surface area contributed by atoms with Crippen molar-refractivity contribution in [1.82, 2.24) is 15.0 Å². The number of anilines is 3. The number of nitrogens with zero attached hydrogens (tertiary/aromatic N) is 6. The fourth-order valence-corrected chi connectivity index (χ4v) is 9.33. The van der Waals surface area contributed by atoms with Crippen molar-refractivity contribution in [1.29, 1.82) is 0 Å². The molecule has 3 aromatic heterocycles. The summed E-state index contributed by atoms with van der Waals surface area (Å²) in [5, 5.41) is 0. The molecular formula is C54H48N6O3. The van der Waals surface area contributed by atoms with Crippen molar-refractivity contribution in [2.45, 2.75) is 57.8 Å². The van der Waals surface area contributed by atoms with E-state index in [1.807, 2.05) is 91.4 Å². The third-order valence-electron chi connectivity index (χ3n) is 13.2. The molecule has 10 rings (SSSR count). The normalized spacial score (nSPS) is 13.6. The fourth-order valence-electron chi connectivity index (χ4n) is 9.33. The minimum atomic E-state index is -0.357. The van der Waals surface area contributed by atoms with Gasteiger partial charge in [-0.2, -0.15) is 0 Å². The van der Waals surface area contributed by atoms with Gasteiger partial charge in [-0.15, -0.1) is 0 Å². The summed E-state index contributed by atoms with van der Waals surface area (Å²) in [6.07, 6.45) is 15.8. The molecule has 0 spiro atoms. The van der Waals surface area contributed by atoms with Crippen molar-refractivity contribution in [3.05, 3.63) is 178 Å². The summed E-state index contributed by atoms with van der Waals surface area (Å²) >= 11 is 0. The predicted molar refractivity (Wildman–Crippen MR) is 250 cm³/mol. The third kappa shape index (κ3) is 7.80. The number of pyridine rings is 3. The van der Waals surface area contributed by atoms with Gasteiger partial charge in [0.05, 0.1) is 17.1 Å². The van der Waals surface area contributed by atoms with Gasteiger partial charge in [0.25, 0.3) is 17.7 Å². The Labute approximate surface area is 368 Å². The van der Waals surface area contributed by atoms with Crippen molar-refractivity contribution in [2.75, 3.05) is 35.8 Å². The molecule has 0 N–H and O–H groups in total. The summed E-state index contributed by atoms with van der Waals surface area (Å²) in [4.78, 5) is 61.9. The zero-order valence-corrected chi connectivity index (χ0v) is 35.9. The second-order valence-electron chi connectivity index (χ2n) is 17.1. The lowest BCUT2D eigenvalue weighted by molar-refractivity contribution is 0.0992. The Morgan fingerprint density at radius 1 is 0.365 bits per heavy atom. The van der Waals surface area contributed by atoms with Crippen LogP contribution in [0.1, 0.15) is 83.7 Å². The average Bonchev–Trinajstić information content (AvgIpc) is 4.14. The molecule has 0 aliphatic heterocycles. The van der Waals surface area contributed by atoms with E-state index >= 15 is 0 Å². The van der Waals surface area contributed by atoms with Crippen LogP contribution in [0.25, 0.3) is 33.8 Å². The van der Waals surface area contributed by atoms with E-state index in [0.717, 1.165) is 91.6 Å². The van der Waals surface area contributed by atoms with E-state index in [1.54, 1.807) is 54.0 Å². The van der Waals surface area contributed by atoms with Crippen molar-refractivity contribution < 1.29 is 14.4 Å². The number of aryl methyl sites for hydroxylation is 6. The quantitative estimate of drug-likeness (QED) is 0.144. The van der Waals surface area contributed by atoms with Gasteiger partial charge in [0.1, 0.15) is 0 Å². The highest BCUT2D eigenvalue weighted by atomic mass is 16.2. The number of rotatable bonds is 9. The van der Waals surface area contributed by atoms with Crippen LogP contribution in [-0.2, 0) is 38.5 Å². The molecule has 0 radical (unpaired) electrons. The second kappa shape index (κ2) is 16.5. The highest BCUT2D eigenvalue weighted by Crippen LogP contribution is 2.32. The molecule has 3 aliphatic rings. The molecule has 0 bridgehead atoms. The van der Waals surface area contributed by atoms with Crippen LogP contribution < -0.4 is 14.7 Å². The van der Waals surface area contributed by atoms with Crippen molar-refractivity contribution in [3.63, 3.8) is 0 Å². The van der Waals surface area contributed by atoms with Crippen LogP contribution in [0, 0.1) is 0 Å². The summed E-state index contributed by atoms with van der Waals surface area (Å²) in [7, 11) is 5.11. The van der Waals surface area contributed by atoms with Gasteiger partial charge in [0.15, 0.2) is 0 Å². The van der Waals surface area contributed by atoms with Gasteiger partial charge in [-0.25, -0.2) is 0 Å². The van der Waals surface area contributed by atoms with E-state index in [-0.39, 0.29) is 34.4 Å². The maximum atomic E-state index is 14.4. The SMILES string of the molecule is CN(C(=O)c1cc(C(=O)N(C)c2ccc(-c3cc4c(cn3)CCC4)cc2)cc(C(=O)N(C)c2ccc(-c3cc4c(cn3)CCC4)cc2)c1)c1ccc(-c2cc3c(cn2)CCC3)cc1. The smallest absolute Gasteiger partial charge is 0.258 e. The summed E-state index contributed by atoms with van der Waals surface area (Å²) in [6.45, 7) is 0. The largest absolute Gasteiger partial charge is 0.311 e. The lowest BCUT2D eigenvalue weighted by Crippen LogP contribution is -2.31. The molecular weight excluding hydrogens is 781 g/mol. The molecule has 312 valence electrons. The lowest BCUT2D eigenvalue weighted by atomic mass is 10.0. The monoisotopic (exact) mass is 828 g/mol. The molecule has 9 nitrogen and oxygen atoms in total. The van der Waals surface area contributed by atoms with Gasteiger partial charge in [-0.1, -0.05) is 36.4 Å². The number of hydrogen-bond donors (Lipinski definition) is 0. The molecule has 0 unspecified atom stereocenters. The average molecular weight is 829 g/mol. The molecule has 3 heterocycles. The highest BCUT2D eigenvalue weighted by Gasteiger charge is 2.25. The van der Waals surface area contributed by atoms with E-state index in [4.69, 9.17) is 15.0 Å². The van der Waals surface area contributed by atoms with E-state index in [1.165, 1.54) is 33.4 Å². The highest BCUT2D eigenvalue weighted by molar-refractivity contribution is 6.14. The molecule has 4 aromatic carbocycles. The van der Waals surface area contributed by atoms with Crippen LogP contribution in [0.15, 0.2) is 128 Å². The topological polar surface area (TPSA) is 99.6 Å². The first-order valence-corrected chi connectivity index (χ1v) is 21.9. The van der Waals surface area contributed by atoms with Crippen molar-refractivity contribution in [3.8, 4) is 33.8 Å². The Bertz CT molecular complexity index is 2600. The Morgan fingerprint density at radius 3 is 0.889 bits per heavy atom. The lowest BCUT2D eigenvalue weighted by Gasteiger charge is -2.22. The number of fused-ring (bicyclic) bond motifs is 3. The van der Waals surface area contributed by atoms with Gasteiger partial charge in [-0.3, -0.25) is 29.3 Å². The van der Waals surface area contributed by atoms with Crippen LogP contribution in [0.3, 0.4) is 0 Å². The number of benzene rings is 4. The van der Waals surface area contributed by atoms with Gasteiger partial charge in [0, 0.05) is 90.2 Å². The van der Waals surface area contributed by atoms with Gasteiger partial charge >= 0.3 is 0 Å². The first-order chi connectivity index (χ1) is 30.7. The van der Waals surface area contributed by atoms with E-state index in [9.17, 15) is 14.4 Å². The van der Waals surface area contributed by atoms with E-state index < -0.39 is 0 Å². The Kier molecular flexibility index (Phi) is 10.5. The van der Waals surface area contributed by atoms with Gasteiger partial charge < -0.3 is 14.7 Å². The molecule has 7 aromatic rings. The molecule has 0 atom stereocenters. The van der Waals surface area contributed by atoms with Crippen LogP contribution in [0.5, 0.6) is 0 Å². The van der Waals surface area contributed by atoms with Crippen LogP contribution in [0.2, 0.25) is 0 Å². The second-order valence-corrected chi connectivity index (χ2v) is 17.1. The zero-order valence-electron chi connectivity index (χ0n) is 35.9. The van der Waals surface area contributed by atoms with Crippen molar-refractivity contribution in [2.24, 2.45) is 0 Å². The fraction of sp³-hybridized carbons (Fsp3) is 0.222. The Hall–Kier alpha value is -7.26. The molecule has 0 fully saturated rings. The van der Waals surface area contributed by atoms with Gasteiger partial charge in [-0.05, 0) is 164 Å². The molecule has 0 saturated carbocycles. The van der Waals surface area contributed by atoms with Crippen LogP contribution >= 0.6 is 0 Å². The number of hydrogen-bond acceptors (Lipinski definition) is 6. The molecule has 3 aliphatic carbocycles. The summed E-state index contributed by atoms with van der Waals surface area (Å²) in [5.74, 6) is -1.07. The number of aromatic nitrogens is 3. The first-order valence-electron chi connectivity index (χ1n) is 21.9. The van der Waals surface area contributed by atoms with Crippen molar-refractivity contribution >= 4 is 34.8 Å². The zero-order chi connectivity index (χ0) is 43.2. The molecule has 0 saturated heterocycles. The minimum Gasteiger partial charge on any atom is -0.311 e. The molecule has 9 heteroatoms. The summed E-state index contributed by atoms with van der Waals surface area (Å²) < 4.78 is 0. The third-order valence-corrected chi connectivity index (χ3v) is 13.2. The van der Waals surface area contributed by atoms with Crippen LogP contribution in [-0.4, -0.2) is 53.8 Å². The standard InChI is InChI=1S/C54H48N6O3/c1-58(46-19-13-34(14-20-46)49-28-37-7-4-10-40(37)31-55-49)52(61)43-25-44(53(62)59(2)47-21-15-35(16-22-47)50-29-38-8-5-11-41(38)32-56-50)27-45(26-43)54(63)60(3)48-23-17-36(18-24-48)51-30-39-9-6-12-42(39)33-57-51/h13-33H,4-12H2,1-3H3. The summed E-state index contributed by atoms with van der Waals surface area (Å²) in [5.41, 5.74) is 16.3. The Morgan fingerprint density at radius 2 is 0.619 bits per heavy atom. The van der Waals surface area contributed by atoms with E-state index in [2.05, 4.69) is 18.2 Å². The maximum Gasteiger partial charge on any atom is 0.258 e.